The lowest BCUT2D eigenvalue weighted by molar-refractivity contribution is 0.0757. The van der Waals surface area contributed by atoms with Crippen LogP contribution in [0.15, 0.2) is 36.8 Å². The molecule has 2 fully saturated rings. The third-order valence-corrected chi connectivity index (χ3v) is 7.43. The highest BCUT2D eigenvalue weighted by Crippen LogP contribution is 2.72. The fraction of sp³-hybridized carbons (Fsp3) is 0.421. The van der Waals surface area contributed by atoms with Crippen LogP contribution >= 0.6 is 11.3 Å². The van der Waals surface area contributed by atoms with Gasteiger partial charge in [0.25, 0.3) is 5.91 Å². The fourth-order valence-corrected chi connectivity index (χ4v) is 5.82. The Hall–Kier alpha value is -2.21. The number of aromatic nitrogens is 3. The Balaban J connectivity index is 1.46. The normalized spacial score (nSPS) is 26.8. The SMILES string of the molecule is Cn1cc(C23CN(C(=O)c4cc5cccnc5s4)CC2C3(C)C)cn1. The lowest BCUT2D eigenvalue weighted by atomic mass is 9.90. The number of carbonyl (C=O) groups is 1. The molecule has 0 radical (unpaired) electrons. The van der Waals surface area contributed by atoms with Gasteiger partial charge in [-0.1, -0.05) is 19.9 Å². The van der Waals surface area contributed by atoms with Crippen molar-refractivity contribution in [3.8, 4) is 0 Å². The van der Waals surface area contributed by atoms with E-state index < -0.39 is 0 Å². The van der Waals surface area contributed by atoms with E-state index in [-0.39, 0.29) is 16.7 Å². The quantitative estimate of drug-likeness (QED) is 0.712. The molecule has 2 unspecified atom stereocenters. The molecule has 0 spiro atoms. The number of rotatable bonds is 2. The van der Waals surface area contributed by atoms with E-state index >= 15 is 0 Å². The number of piperidine rings is 1. The van der Waals surface area contributed by atoms with E-state index in [0.29, 0.717) is 5.92 Å². The second-order valence-corrected chi connectivity index (χ2v) is 8.87. The van der Waals surface area contributed by atoms with Crippen molar-refractivity contribution < 1.29 is 4.79 Å². The van der Waals surface area contributed by atoms with Gasteiger partial charge in [-0.3, -0.25) is 9.48 Å². The van der Waals surface area contributed by atoms with Crippen molar-refractivity contribution in [2.24, 2.45) is 18.4 Å². The standard InChI is InChI=1S/C19H20N4OS/c1-18(2)15-10-23(11-19(15,18)13-8-21-22(3)9-13)17(24)14-7-12-5-4-6-20-16(12)25-14/h4-9,15H,10-11H2,1-3H3. The molecule has 1 amide bonds. The van der Waals surface area contributed by atoms with Gasteiger partial charge in [0, 0.05) is 43.3 Å². The number of pyridine rings is 1. The third kappa shape index (κ3) is 1.86. The largest absolute Gasteiger partial charge is 0.337 e. The van der Waals surface area contributed by atoms with Crippen LogP contribution in [0, 0.1) is 11.3 Å². The Kier molecular flexibility index (Phi) is 2.83. The number of hydrogen-bond donors (Lipinski definition) is 0. The molecule has 5 rings (SSSR count). The molecule has 0 bridgehead atoms. The second kappa shape index (κ2) is 4.69. The smallest absolute Gasteiger partial charge is 0.264 e. The number of aryl methyl sites for hydroxylation is 1. The maximum atomic E-state index is 13.1. The molecule has 3 aromatic heterocycles. The summed E-state index contributed by atoms with van der Waals surface area (Å²) in [5, 5.41) is 5.41. The van der Waals surface area contributed by atoms with Crippen molar-refractivity contribution in [2.75, 3.05) is 13.1 Å². The Morgan fingerprint density at radius 1 is 1.40 bits per heavy atom. The Bertz CT molecular complexity index is 971. The van der Waals surface area contributed by atoms with E-state index in [1.165, 1.54) is 16.9 Å². The van der Waals surface area contributed by atoms with E-state index in [9.17, 15) is 4.79 Å². The fourth-order valence-electron chi connectivity index (χ4n) is 4.86. The minimum atomic E-state index is 0.0475. The van der Waals surface area contributed by atoms with E-state index in [1.54, 1.807) is 6.20 Å². The van der Waals surface area contributed by atoms with Crippen molar-refractivity contribution in [3.05, 3.63) is 47.2 Å². The van der Waals surface area contributed by atoms with Crippen LogP contribution in [-0.2, 0) is 12.5 Å². The maximum absolute atomic E-state index is 13.1. The molecule has 2 aliphatic rings. The molecule has 1 saturated heterocycles. The van der Waals surface area contributed by atoms with Gasteiger partial charge < -0.3 is 4.90 Å². The predicted molar refractivity (Wildman–Crippen MR) is 97.7 cm³/mol. The molecule has 2 atom stereocenters. The molecule has 128 valence electrons. The number of fused-ring (bicyclic) bond motifs is 2. The zero-order valence-corrected chi connectivity index (χ0v) is 15.4. The van der Waals surface area contributed by atoms with Crippen molar-refractivity contribution in [1.29, 1.82) is 0 Å². The van der Waals surface area contributed by atoms with Crippen LogP contribution < -0.4 is 0 Å². The Morgan fingerprint density at radius 2 is 2.24 bits per heavy atom. The molecule has 25 heavy (non-hydrogen) atoms. The molecular formula is C19H20N4OS. The minimum absolute atomic E-state index is 0.0475. The first-order chi connectivity index (χ1) is 11.9. The zero-order chi connectivity index (χ0) is 17.4. The summed E-state index contributed by atoms with van der Waals surface area (Å²) in [5.74, 6) is 0.634. The highest BCUT2D eigenvalue weighted by molar-refractivity contribution is 7.20. The van der Waals surface area contributed by atoms with Gasteiger partial charge in [-0.2, -0.15) is 5.10 Å². The summed E-state index contributed by atoms with van der Waals surface area (Å²) in [6, 6.07) is 5.90. The number of likely N-dealkylation sites (tertiary alicyclic amines) is 1. The lowest BCUT2D eigenvalue weighted by Gasteiger charge is -2.26. The molecule has 1 saturated carbocycles. The van der Waals surface area contributed by atoms with Gasteiger partial charge in [0.1, 0.15) is 4.83 Å². The first-order valence-corrected chi connectivity index (χ1v) is 9.38. The van der Waals surface area contributed by atoms with Gasteiger partial charge in [0.2, 0.25) is 0 Å². The van der Waals surface area contributed by atoms with Crippen molar-refractivity contribution in [1.82, 2.24) is 19.7 Å². The van der Waals surface area contributed by atoms with Gasteiger partial charge >= 0.3 is 0 Å². The van der Waals surface area contributed by atoms with Crippen LogP contribution in [0.5, 0.6) is 0 Å². The van der Waals surface area contributed by atoms with Gasteiger partial charge in [-0.05, 0) is 29.0 Å². The van der Waals surface area contributed by atoms with Crippen LogP contribution in [0.1, 0.15) is 29.1 Å². The van der Waals surface area contributed by atoms with Crippen LogP contribution in [-0.4, -0.2) is 38.7 Å². The Labute approximate surface area is 150 Å². The minimum Gasteiger partial charge on any atom is -0.337 e. The molecule has 5 nitrogen and oxygen atoms in total. The first-order valence-electron chi connectivity index (χ1n) is 8.56. The van der Waals surface area contributed by atoms with Crippen LogP contribution in [0.4, 0.5) is 0 Å². The molecule has 1 aliphatic carbocycles. The van der Waals surface area contributed by atoms with Gasteiger partial charge in [0.15, 0.2) is 0 Å². The van der Waals surface area contributed by atoms with Crippen molar-refractivity contribution >= 4 is 27.5 Å². The second-order valence-electron chi connectivity index (χ2n) is 7.84. The maximum Gasteiger partial charge on any atom is 0.264 e. The summed E-state index contributed by atoms with van der Waals surface area (Å²) < 4.78 is 1.86. The average molecular weight is 352 g/mol. The Morgan fingerprint density at radius 3 is 2.96 bits per heavy atom. The van der Waals surface area contributed by atoms with Crippen LogP contribution in [0.2, 0.25) is 0 Å². The summed E-state index contributed by atoms with van der Waals surface area (Å²) in [6.07, 6.45) is 5.86. The summed E-state index contributed by atoms with van der Waals surface area (Å²) in [5.41, 5.74) is 1.53. The van der Waals surface area contributed by atoms with E-state index in [2.05, 4.69) is 30.1 Å². The number of thiophene rings is 1. The average Bonchev–Trinajstić information content (AvgIpc) is 3.14. The van der Waals surface area contributed by atoms with Crippen LogP contribution in [0.3, 0.4) is 0 Å². The predicted octanol–water partition coefficient (Wildman–Crippen LogP) is 3.08. The van der Waals surface area contributed by atoms with Gasteiger partial charge in [-0.25, -0.2) is 4.98 Å². The van der Waals surface area contributed by atoms with Crippen LogP contribution in [0.25, 0.3) is 10.2 Å². The summed E-state index contributed by atoms with van der Waals surface area (Å²) >= 11 is 1.49. The molecule has 0 aromatic carbocycles. The monoisotopic (exact) mass is 352 g/mol. The van der Waals surface area contributed by atoms with Gasteiger partial charge in [-0.15, -0.1) is 11.3 Å². The van der Waals surface area contributed by atoms with E-state index in [4.69, 9.17) is 0 Å². The number of amides is 1. The number of nitrogens with zero attached hydrogens (tertiary/aromatic N) is 4. The molecule has 3 aromatic rings. The lowest BCUT2D eigenvalue weighted by Crippen LogP contribution is -2.36. The third-order valence-electron chi connectivity index (χ3n) is 6.39. The summed E-state index contributed by atoms with van der Waals surface area (Å²) in [6.45, 7) is 6.23. The summed E-state index contributed by atoms with van der Waals surface area (Å²) in [4.78, 5) is 21.2. The molecule has 6 heteroatoms. The summed E-state index contributed by atoms with van der Waals surface area (Å²) in [7, 11) is 1.95. The van der Waals surface area contributed by atoms with E-state index in [0.717, 1.165) is 28.2 Å². The first kappa shape index (κ1) is 15.1. The highest BCUT2D eigenvalue weighted by Gasteiger charge is 2.76. The van der Waals surface area contributed by atoms with Gasteiger partial charge in [0.05, 0.1) is 11.1 Å². The van der Waals surface area contributed by atoms with E-state index in [1.807, 2.05) is 41.0 Å². The zero-order valence-electron chi connectivity index (χ0n) is 14.6. The number of hydrogen-bond acceptors (Lipinski definition) is 4. The molecule has 4 heterocycles. The van der Waals surface area contributed by atoms with Crippen molar-refractivity contribution in [2.45, 2.75) is 19.3 Å². The topological polar surface area (TPSA) is 51.0 Å². The molecule has 0 N–H and O–H groups in total. The highest BCUT2D eigenvalue weighted by atomic mass is 32.1. The molecular weight excluding hydrogens is 332 g/mol. The van der Waals surface area contributed by atoms with Crippen molar-refractivity contribution in [3.63, 3.8) is 0 Å². The number of carbonyl (C=O) groups excluding carboxylic acids is 1. The molecule has 1 aliphatic heterocycles.